The Kier molecular flexibility index (Phi) is 8.64. The maximum Gasteiger partial charge on any atom is 0.264 e. The Bertz CT molecular complexity index is 1890. The smallest absolute Gasteiger partial charge is 0.264 e. The Balaban J connectivity index is 1.45. The lowest BCUT2D eigenvalue weighted by molar-refractivity contribution is 0.0505. The first-order chi connectivity index (χ1) is 22.3. The maximum atomic E-state index is 14.4. The van der Waals surface area contributed by atoms with Crippen LogP contribution in [0, 0.1) is 19.3 Å². The summed E-state index contributed by atoms with van der Waals surface area (Å²) in [7, 11) is -4.17. The van der Waals surface area contributed by atoms with Crippen LogP contribution >= 0.6 is 0 Å². The molecule has 4 heterocycles. The van der Waals surface area contributed by atoms with E-state index in [1.807, 2.05) is 32.0 Å². The van der Waals surface area contributed by atoms with Crippen molar-refractivity contribution in [1.29, 1.82) is 0 Å². The molecule has 0 aliphatic carbocycles. The lowest BCUT2D eigenvalue weighted by Gasteiger charge is -2.40. The molecular weight excluding hydrogens is 614 g/mol. The number of rotatable bonds is 5. The second-order valence-electron chi connectivity index (χ2n) is 13.7. The monoisotopic (exact) mass is 655 g/mol. The molecule has 11 nitrogen and oxygen atoms in total. The van der Waals surface area contributed by atoms with E-state index in [0.717, 1.165) is 35.3 Å². The average molecular weight is 656 g/mol. The quantitative estimate of drug-likeness (QED) is 0.284. The Morgan fingerprint density at radius 1 is 1.00 bits per heavy atom. The largest absolute Gasteiger partial charge is 0.475 e. The van der Waals surface area contributed by atoms with Crippen LogP contribution < -0.4 is 14.4 Å². The van der Waals surface area contributed by atoms with E-state index in [4.69, 9.17) is 4.74 Å². The third-order valence-corrected chi connectivity index (χ3v) is 10.0. The van der Waals surface area contributed by atoms with Crippen LogP contribution in [0.5, 0.6) is 5.88 Å². The summed E-state index contributed by atoms with van der Waals surface area (Å²) in [6, 6.07) is 13.6. The second-order valence-corrected chi connectivity index (χ2v) is 15.3. The number of anilines is 2. The van der Waals surface area contributed by atoms with Crippen LogP contribution in [0.15, 0.2) is 65.8 Å². The van der Waals surface area contributed by atoms with E-state index in [2.05, 4.69) is 57.3 Å². The average Bonchev–Trinajstić information content (AvgIpc) is 3.00. The minimum atomic E-state index is -4.17. The summed E-state index contributed by atoms with van der Waals surface area (Å²) < 4.78 is 36.2. The highest BCUT2D eigenvalue weighted by molar-refractivity contribution is 7.92. The van der Waals surface area contributed by atoms with Crippen LogP contribution in [0.25, 0.3) is 11.3 Å². The highest BCUT2D eigenvalue weighted by Gasteiger charge is 2.32. The first-order valence-electron chi connectivity index (χ1n) is 15.9. The highest BCUT2D eigenvalue weighted by atomic mass is 32.2. The Labute approximate surface area is 276 Å². The summed E-state index contributed by atoms with van der Waals surface area (Å²) in [6.07, 6.45) is 5.31. The fourth-order valence-corrected chi connectivity index (χ4v) is 7.17. The number of ether oxygens (including phenoxy) is 1. The number of hydrogen-bond acceptors (Lipinski definition) is 9. The van der Waals surface area contributed by atoms with Gasteiger partial charge in [-0.1, -0.05) is 45.0 Å². The van der Waals surface area contributed by atoms with Gasteiger partial charge in [-0.15, -0.1) is 0 Å². The van der Waals surface area contributed by atoms with Crippen molar-refractivity contribution < 1.29 is 17.9 Å². The first kappa shape index (κ1) is 32.4. The van der Waals surface area contributed by atoms with E-state index in [-0.39, 0.29) is 46.8 Å². The van der Waals surface area contributed by atoms with Gasteiger partial charge in [0.25, 0.3) is 15.9 Å². The number of aromatic nitrogens is 4. The topological polar surface area (TPSA) is 131 Å². The summed E-state index contributed by atoms with van der Waals surface area (Å²) in [5.41, 5.74) is 4.33. The number of sulfonamides is 1. The van der Waals surface area contributed by atoms with Crippen LogP contribution in [0.2, 0.25) is 0 Å². The SMILES string of the molecule is Cc1cccc(C)c1-c1cc2nc(n1)NS(=O)(=O)c1cccc(c1)C(=O)N(Cc1ncc(N3CC[C@@H]3C)cn1)[C@H](CC(C)(C)C)CO2. The van der Waals surface area contributed by atoms with Gasteiger partial charge >= 0.3 is 0 Å². The summed E-state index contributed by atoms with van der Waals surface area (Å²) in [5.74, 6) is 0.199. The molecule has 12 heteroatoms. The third kappa shape index (κ3) is 7.07. The van der Waals surface area contributed by atoms with Gasteiger partial charge in [0.2, 0.25) is 11.8 Å². The van der Waals surface area contributed by atoms with Crippen molar-refractivity contribution in [1.82, 2.24) is 24.8 Å². The van der Waals surface area contributed by atoms with Crippen LogP contribution in [0.3, 0.4) is 0 Å². The zero-order valence-corrected chi connectivity index (χ0v) is 28.5. The molecule has 0 spiro atoms. The van der Waals surface area contributed by atoms with E-state index < -0.39 is 16.1 Å². The standard InChI is InChI=1S/C35H41N7O4S/c1-22-9-7-10-23(2)32(22)29-16-31-39-34(38-29)40-47(44,45)28-12-8-11-25(15-28)33(43)42(26(21-46-31)17-35(4,5)6)20-30-36-18-27(19-37-30)41-14-13-24(41)3/h7-12,15-16,18-19,24,26H,13-14,17,20-21H2,1-6H3,(H,38,39,40)/t24-,26+/m0/s1. The number of fused-ring (bicyclic) bond motifs is 4. The van der Waals surface area contributed by atoms with Gasteiger partial charge in [-0.25, -0.2) is 28.1 Å². The van der Waals surface area contributed by atoms with E-state index in [9.17, 15) is 13.2 Å². The molecule has 47 heavy (non-hydrogen) atoms. The Morgan fingerprint density at radius 3 is 2.34 bits per heavy atom. The molecule has 6 rings (SSSR count). The lowest BCUT2D eigenvalue weighted by atomic mass is 9.87. The minimum Gasteiger partial charge on any atom is -0.475 e. The Hall–Kier alpha value is -4.58. The number of hydrogen-bond donors (Lipinski definition) is 1. The van der Waals surface area contributed by atoms with Crippen molar-refractivity contribution in [2.24, 2.45) is 5.41 Å². The van der Waals surface area contributed by atoms with Gasteiger partial charge in [0.15, 0.2) is 0 Å². The third-order valence-electron chi connectivity index (χ3n) is 8.69. The molecule has 1 saturated heterocycles. The molecule has 0 saturated carbocycles. The summed E-state index contributed by atoms with van der Waals surface area (Å²) in [4.78, 5) is 36.6. The molecule has 4 bridgehead atoms. The van der Waals surface area contributed by atoms with Gasteiger partial charge in [0.05, 0.1) is 41.3 Å². The molecule has 1 N–H and O–H groups in total. The number of carbonyl (C=O) groups excluding carboxylic acids is 1. The van der Waals surface area contributed by atoms with Crippen molar-refractivity contribution in [2.75, 3.05) is 22.8 Å². The fourth-order valence-electron chi connectivity index (χ4n) is 6.18. The van der Waals surface area contributed by atoms with Crippen LogP contribution in [0.4, 0.5) is 11.6 Å². The van der Waals surface area contributed by atoms with Crippen LogP contribution in [-0.4, -0.2) is 64.4 Å². The zero-order chi connectivity index (χ0) is 33.5. The molecule has 2 aromatic heterocycles. The minimum absolute atomic E-state index is 0.0808. The van der Waals surface area contributed by atoms with E-state index in [0.29, 0.717) is 24.0 Å². The van der Waals surface area contributed by atoms with Crippen molar-refractivity contribution in [2.45, 2.75) is 77.9 Å². The number of aryl methyl sites for hydroxylation is 2. The van der Waals surface area contributed by atoms with Crippen LogP contribution in [0.1, 0.15) is 67.8 Å². The molecular formula is C35H41N7O4S. The van der Waals surface area contributed by atoms with Gasteiger partial charge in [-0.2, -0.15) is 4.98 Å². The van der Waals surface area contributed by atoms with Gasteiger partial charge in [-0.3, -0.25) is 4.79 Å². The summed E-state index contributed by atoms with van der Waals surface area (Å²) >= 11 is 0. The number of nitrogens with zero attached hydrogens (tertiary/aromatic N) is 6. The van der Waals surface area contributed by atoms with Crippen molar-refractivity contribution in [3.63, 3.8) is 0 Å². The summed E-state index contributed by atoms with van der Waals surface area (Å²) in [5, 5.41) is 0. The normalized spacial score (nSPS) is 19.4. The van der Waals surface area contributed by atoms with Gasteiger partial charge in [-0.05, 0) is 68.4 Å². The van der Waals surface area contributed by atoms with Crippen LogP contribution in [-0.2, 0) is 16.6 Å². The summed E-state index contributed by atoms with van der Waals surface area (Å²) in [6.45, 7) is 13.6. The lowest BCUT2D eigenvalue weighted by Crippen LogP contribution is -2.46. The number of nitrogens with one attached hydrogen (secondary N) is 1. The van der Waals surface area contributed by atoms with Gasteiger partial charge in [0.1, 0.15) is 12.4 Å². The van der Waals surface area contributed by atoms with Crippen molar-refractivity contribution in [3.8, 4) is 17.1 Å². The molecule has 2 aliphatic heterocycles. The molecule has 0 radical (unpaired) electrons. The first-order valence-corrected chi connectivity index (χ1v) is 17.4. The fraction of sp³-hybridized carbons (Fsp3) is 0.400. The Morgan fingerprint density at radius 2 is 1.70 bits per heavy atom. The van der Waals surface area contributed by atoms with E-state index >= 15 is 0 Å². The maximum absolute atomic E-state index is 14.4. The van der Waals surface area contributed by atoms with Gasteiger partial charge in [0, 0.05) is 29.8 Å². The molecule has 4 aromatic rings. The molecule has 2 aliphatic rings. The molecule has 2 atom stereocenters. The molecule has 1 amide bonds. The number of amides is 1. The van der Waals surface area contributed by atoms with E-state index in [1.54, 1.807) is 35.5 Å². The molecule has 2 aromatic carbocycles. The van der Waals surface area contributed by atoms with Crippen molar-refractivity contribution in [3.05, 3.63) is 83.4 Å². The number of carbonyl (C=O) groups is 1. The van der Waals surface area contributed by atoms with E-state index in [1.165, 1.54) is 12.1 Å². The molecule has 1 fully saturated rings. The molecule has 0 unspecified atom stereocenters. The van der Waals surface area contributed by atoms with Gasteiger partial charge < -0.3 is 14.5 Å². The predicted octanol–water partition coefficient (Wildman–Crippen LogP) is 5.79. The number of benzene rings is 2. The molecule has 246 valence electrons. The second kappa shape index (κ2) is 12.6. The van der Waals surface area contributed by atoms with Crippen molar-refractivity contribution >= 4 is 27.6 Å². The predicted molar refractivity (Wildman–Crippen MR) is 181 cm³/mol. The zero-order valence-electron chi connectivity index (χ0n) is 27.7. The highest BCUT2D eigenvalue weighted by Crippen LogP contribution is 2.32.